The summed E-state index contributed by atoms with van der Waals surface area (Å²) in [5.41, 5.74) is 8.22. The molecule has 172 valence electrons. The molecule has 4 atom stereocenters. The zero-order chi connectivity index (χ0) is 23.2. The van der Waals surface area contributed by atoms with Gasteiger partial charge in [-0.05, 0) is 11.1 Å². The van der Waals surface area contributed by atoms with Crippen LogP contribution in [0.4, 0.5) is 19.0 Å². The fourth-order valence-electron chi connectivity index (χ4n) is 4.84. The van der Waals surface area contributed by atoms with E-state index in [4.69, 9.17) is 5.73 Å². The number of benzene rings is 2. The number of amides is 1. The van der Waals surface area contributed by atoms with Gasteiger partial charge in [-0.15, -0.1) is 0 Å². The van der Waals surface area contributed by atoms with Crippen molar-refractivity contribution in [3.63, 3.8) is 0 Å². The van der Waals surface area contributed by atoms with E-state index in [2.05, 4.69) is 10.4 Å². The molecule has 2 aliphatic rings. The molecule has 1 fully saturated rings. The monoisotopic (exact) mass is 455 g/mol. The fraction of sp³-hybridized carbons (Fsp3) is 0.333. The third-order valence-corrected chi connectivity index (χ3v) is 6.55. The number of anilines is 1. The van der Waals surface area contributed by atoms with Gasteiger partial charge in [0.2, 0.25) is 0 Å². The van der Waals surface area contributed by atoms with Crippen molar-refractivity contribution in [2.45, 2.75) is 36.6 Å². The molecule has 2 unspecified atom stereocenters. The lowest BCUT2D eigenvalue weighted by Gasteiger charge is -2.34. The quantitative estimate of drug-likeness (QED) is 0.623. The van der Waals surface area contributed by atoms with Gasteiger partial charge in [0.05, 0.1) is 12.2 Å². The summed E-state index contributed by atoms with van der Waals surface area (Å²) < 4.78 is 42.6. The summed E-state index contributed by atoms with van der Waals surface area (Å²) in [5, 5.41) is 7.12. The molecule has 3 N–H and O–H groups in total. The van der Waals surface area contributed by atoms with Gasteiger partial charge in [-0.2, -0.15) is 18.3 Å². The van der Waals surface area contributed by atoms with Crippen molar-refractivity contribution in [2.75, 3.05) is 18.4 Å². The number of likely N-dealkylation sites (tertiary alicyclic amines) is 1. The number of carbonyl (C=O) groups is 1. The Bertz CT molecular complexity index is 1130. The predicted octanol–water partition coefficient (Wildman–Crippen LogP) is 4.11. The first-order chi connectivity index (χ1) is 15.8. The largest absolute Gasteiger partial charge is 0.410 e. The van der Waals surface area contributed by atoms with Crippen LogP contribution in [0.15, 0.2) is 66.9 Å². The normalized spacial score (nSPS) is 24.9. The van der Waals surface area contributed by atoms with Crippen molar-refractivity contribution in [1.29, 1.82) is 0 Å². The molecule has 2 aromatic carbocycles. The van der Waals surface area contributed by atoms with Crippen molar-refractivity contribution in [1.82, 2.24) is 14.7 Å². The SMILES string of the molecule is NC1CN(C(=O)c2cnn3c2N[C@@H](c2ccccc2)C[C@H]3C(F)(F)F)CC1c1ccccc1. The highest BCUT2D eigenvalue weighted by atomic mass is 19.4. The Hall–Kier alpha value is -3.33. The number of fused-ring (bicyclic) bond motifs is 1. The minimum absolute atomic E-state index is 0.0329. The number of rotatable bonds is 3. The van der Waals surface area contributed by atoms with Crippen LogP contribution < -0.4 is 11.1 Å². The van der Waals surface area contributed by atoms with Crippen LogP contribution >= 0.6 is 0 Å². The summed E-state index contributed by atoms with van der Waals surface area (Å²) in [7, 11) is 0. The Morgan fingerprint density at radius 3 is 2.27 bits per heavy atom. The van der Waals surface area contributed by atoms with Crippen LogP contribution in [0.3, 0.4) is 0 Å². The highest BCUT2D eigenvalue weighted by molar-refractivity contribution is 5.99. The van der Waals surface area contributed by atoms with Gasteiger partial charge in [0, 0.05) is 31.5 Å². The Labute approximate surface area is 189 Å². The molecule has 0 saturated carbocycles. The summed E-state index contributed by atoms with van der Waals surface area (Å²) in [6, 6.07) is 16.0. The molecule has 0 aliphatic carbocycles. The minimum atomic E-state index is -4.50. The van der Waals surface area contributed by atoms with Gasteiger partial charge in [0.25, 0.3) is 5.91 Å². The molecule has 3 heterocycles. The summed E-state index contributed by atoms with van der Waals surface area (Å²) in [6.07, 6.45) is -3.47. The van der Waals surface area contributed by atoms with E-state index in [0.29, 0.717) is 13.1 Å². The van der Waals surface area contributed by atoms with E-state index >= 15 is 0 Å². The van der Waals surface area contributed by atoms with Crippen LogP contribution in [0, 0.1) is 0 Å². The minimum Gasteiger partial charge on any atom is -0.363 e. The Morgan fingerprint density at radius 1 is 1.00 bits per heavy atom. The summed E-state index contributed by atoms with van der Waals surface area (Å²) >= 11 is 0. The first kappa shape index (κ1) is 21.5. The van der Waals surface area contributed by atoms with Gasteiger partial charge >= 0.3 is 6.18 Å². The van der Waals surface area contributed by atoms with E-state index in [-0.39, 0.29) is 35.7 Å². The number of nitrogens with one attached hydrogen (secondary N) is 1. The van der Waals surface area contributed by atoms with Gasteiger partial charge in [0.15, 0.2) is 6.04 Å². The molecule has 3 aromatic rings. The maximum atomic E-state index is 13.9. The molecule has 0 bridgehead atoms. The average molecular weight is 455 g/mol. The molecule has 33 heavy (non-hydrogen) atoms. The van der Waals surface area contributed by atoms with E-state index in [1.54, 1.807) is 29.2 Å². The number of halogens is 3. The smallest absolute Gasteiger partial charge is 0.363 e. The van der Waals surface area contributed by atoms with Crippen LogP contribution in [0.5, 0.6) is 0 Å². The maximum Gasteiger partial charge on any atom is 0.410 e. The zero-order valence-corrected chi connectivity index (χ0v) is 17.7. The number of hydrogen-bond donors (Lipinski definition) is 2. The molecule has 5 rings (SSSR count). The van der Waals surface area contributed by atoms with Gasteiger partial charge < -0.3 is 16.0 Å². The van der Waals surface area contributed by atoms with E-state index < -0.39 is 18.3 Å². The molecule has 6 nitrogen and oxygen atoms in total. The first-order valence-corrected chi connectivity index (χ1v) is 10.9. The van der Waals surface area contributed by atoms with Gasteiger partial charge in [0.1, 0.15) is 11.4 Å². The molecule has 2 aliphatic heterocycles. The highest BCUT2D eigenvalue weighted by Gasteiger charge is 2.47. The molecule has 0 radical (unpaired) electrons. The van der Waals surface area contributed by atoms with Crippen molar-refractivity contribution in [3.05, 3.63) is 83.6 Å². The van der Waals surface area contributed by atoms with Crippen LogP contribution in [-0.4, -0.2) is 45.9 Å². The van der Waals surface area contributed by atoms with Gasteiger partial charge in [-0.25, -0.2) is 4.68 Å². The fourth-order valence-corrected chi connectivity index (χ4v) is 4.84. The number of alkyl halides is 3. The Morgan fingerprint density at radius 2 is 1.64 bits per heavy atom. The number of aromatic nitrogens is 2. The highest BCUT2D eigenvalue weighted by Crippen LogP contribution is 2.44. The molecular formula is C24H24F3N5O. The second kappa shape index (κ2) is 8.22. The summed E-state index contributed by atoms with van der Waals surface area (Å²) in [5.74, 6) is -0.305. The topological polar surface area (TPSA) is 76.2 Å². The molecule has 1 aromatic heterocycles. The molecule has 0 spiro atoms. The number of nitrogens with two attached hydrogens (primary N) is 1. The van der Waals surface area contributed by atoms with Crippen molar-refractivity contribution in [2.24, 2.45) is 5.73 Å². The number of carbonyl (C=O) groups excluding carboxylic acids is 1. The Kier molecular flexibility index (Phi) is 5.36. The predicted molar refractivity (Wildman–Crippen MR) is 118 cm³/mol. The van der Waals surface area contributed by atoms with Gasteiger partial charge in [-0.1, -0.05) is 60.7 Å². The summed E-state index contributed by atoms with van der Waals surface area (Å²) in [6.45, 7) is 0.729. The maximum absolute atomic E-state index is 13.9. The third-order valence-electron chi connectivity index (χ3n) is 6.55. The lowest BCUT2D eigenvalue weighted by Crippen LogP contribution is -2.37. The first-order valence-electron chi connectivity index (χ1n) is 10.9. The van der Waals surface area contributed by atoms with Crippen LogP contribution in [0.25, 0.3) is 0 Å². The summed E-state index contributed by atoms with van der Waals surface area (Å²) in [4.78, 5) is 15.0. The zero-order valence-electron chi connectivity index (χ0n) is 17.7. The molecule has 9 heteroatoms. The van der Waals surface area contributed by atoms with Crippen LogP contribution in [-0.2, 0) is 0 Å². The van der Waals surface area contributed by atoms with E-state index in [9.17, 15) is 18.0 Å². The molecular weight excluding hydrogens is 431 g/mol. The van der Waals surface area contributed by atoms with Crippen molar-refractivity contribution in [3.8, 4) is 0 Å². The number of hydrogen-bond acceptors (Lipinski definition) is 4. The van der Waals surface area contributed by atoms with Crippen LogP contribution in [0.2, 0.25) is 0 Å². The van der Waals surface area contributed by atoms with Crippen molar-refractivity contribution < 1.29 is 18.0 Å². The molecule has 1 amide bonds. The van der Waals surface area contributed by atoms with Gasteiger partial charge in [-0.3, -0.25) is 4.79 Å². The van der Waals surface area contributed by atoms with E-state index in [1.807, 2.05) is 36.4 Å². The van der Waals surface area contributed by atoms with E-state index in [1.165, 1.54) is 6.20 Å². The second-order valence-electron chi connectivity index (χ2n) is 8.64. The average Bonchev–Trinajstić information content (AvgIpc) is 3.42. The van der Waals surface area contributed by atoms with Crippen molar-refractivity contribution >= 4 is 11.7 Å². The third kappa shape index (κ3) is 3.97. The Balaban J connectivity index is 1.45. The lowest BCUT2D eigenvalue weighted by atomic mass is 9.95. The standard InChI is InChI=1S/C24H24F3N5O/c25-24(26,27)21-11-20(16-9-5-2-6-10-16)30-22-17(12-29-32(21)22)23(33)31-13-18(19(28)14-31)15-7-3-1-4-8-15/h1-10,12,18-21,30H,11,13-14,28H2/t18?,19?,20-,21+/m1/s1. The van der Waals surface area contributed by atoms with Crippen LogP contribution in [0.1, 0.15) is 45.9 Å². The lowest BCUT2D eigenvalue weighted by molar-refractivity contribution is -0.173. The second-order valence-corrected chi connectivity index (χ2v) is 8.64. The number of nitrogens with zero attached hydrogens (tertiary/aromatic N) is 3. The molecule has 1 saturated heterocycles. The van der Waals surface area contributed by atoms with E-state index in [0.717, 1.165) is 15.8 Å².